The second-order valence-electron chi connectivity index (χ2n) is 9.23. The number of nitrogens with zero attached hydrogens (tertiary/aromatic N) is 2. The van der Waals surface area contributed by atoms with Gasteiger partial charge in [-0.25, -0.2) is 9.97 Å². The number of carboxylic acids is 1. The number of fused-ring (bicyclic) bond motifs is 1. The summed E-state index contributed by atoms with van der Waals surface area (Å²) in [7, 11) is 0. The van der Waals surface area contributed by atoms with Gasteiger partial charge >= 0.3 is 5.97 Å². The van der Waals surface area contributed by atoms with Gasteiger partial charge in [-0.3, -0.25) is 15.0 Å². The van der Waals surface area contributed by atoms with E-state index in [4.69, 9.17) is 32.6 Å². The summed E-state index contributed by atoms with van der Waals surface area (Å²) in [6.45, 7) is 12.7. The molecule has 1 aromatic heterocycles. The van der Waals surface area contributed by atoms with Crippen LogP contribution in [0.3, 0.4) is 0 Å². The minimum absolute atomic E-state index is 0.0137. The molecule has 11 heteroatoms. The molecule has 0 saturated carbocycles. The Hall–Kier alpha value is -3.92. The Balaban J connectivity index is 2.11. The van der Waals surface area contributed by atoms with Crippen LogP contribution in [-0.2, 0) is 19.7 Å². The average molecular weight is 527 g/mol. The van der Waals surface area contributed by atoms with Crippen molar-refractivity contribution in [2.24, 2.45) is 0 Å². The molecule has 3 rings (SSSR count). The molecular weight excluding hydrogens is 496 g/mol. The summed E-state index contributed by atoms with van der Waals surface area (Å²) in [4.78, 5) is 33.1. The Morgan fingerprint density at radius 1 is 1.38 bits per heavy atom. The van der Waals surface area contributed by atoms with Crippen molar-refractivity contribution in [2.75, 3.05) is 17.6 Å². The van der Waals surface area contributed by atoms with E-state index in [0.717, 1.165) is 28.7 Å². The van der Waals surface area contributed by atoms with Gasteiger partial charge < -0.3 is 26.2 Å². The topological polar surface area (TPSA) is 163 Å². The van der Waals surface area contributed by atoms with Gasteiger partial charge in [0.05, 0.1) is 5.56 Å². The van der Waals surface area contributed by atoms with Gasteiger partial charge in [0.25, 0.3) is 0 Å². The smallest absolute Gasteiger partial charge is 0.322 e. The normalized spacial score (nSPS) is 17.1. The Kier molecular flexibility index (Phi) is 7.92. The fourth-order valence-electron chi connectivity index (χ4n) is 4.13. The maximum absolute atomic E-state index is 13.1. The van der Waals surface area contributed by atoms with E-state index in [1.807, 2.05) is 32.0 Å². The molecule has 2 aromatic rings. The number of amides is 1. The molecule has 0 bridgehead atoms. The van der Waals surface area contributed by atoms with Crippen LogP contribution in [0, 0.1) is 5.41 Å². The van der Waals surface area contributed by atoms with E-state index in [9.17, 15) is 9.59 Å². The average Bonchev–Trinajstić information content (AvgIpc) is 3.09. The summed E-state index contributed by atoms with van der Waals surface area (Å²) in [5.41, 5.74) is 8.70. The molecule has 1 unspecified atom stereocenters. The van der Waals surface area contributed by atoms with Crippen LogP contribution in [0.15, 0.2) is 36.2 Å². The quantitative estimate of drug-likeness (QED) is 0.182. The summed E-state index contributed by atoms with van der Waals surface area (Å²) in [6, 6.07) is 5.66. The van der Waals surface area contributed by atoms with Crippen LogP contribution in [0.5, 0.6) is 0 Å². The Morgan fingerprint density at radius 2 is 2.05 bits per heavy atom. The molecule has 0 aliphatic carbocycles. The molecule has 6 N–H and O–H groups in total. The fraction of sp³-hybridized carbons (Fsp3) is 0.346. The van der Waals surface area contributed by atoms with Gasteiger partial charge in [-0.2, -0.15) is 0 Å². The summed E-state index contributed by atoms with van der Waals surface area (Å²) in [5.74, 6) is -1.72. The lowest BCUT2D eigenvalue weighted by Gasteiger charge is -2.24. The summed E-state index contributed by atoms with van der Waals surface area (Å²) < 4.78 is 5.35. The van der Waals surface area contributed by atoms with Crippen LogP contribution in [0.2, 0.25) is 5.02 Å². The number of benzene rings is 1. The van der Waals surface area contributed by atoms with Crippen molar-refractivity contribution >= 4 is 46.6 Å². The molecular formula is C26H31ClN6O4. The van der Waals surface area contributed by atoms with Crippen LogP contribution in [-0.4, -0.2) is 39.4 Å². The third-order valence-corrected chi connectivity index (χ3v) is 6.56. The zero-order valence-electron chi connectivity index (χ0n) is 21.5. The predicted octanol–water partition coefficient (Wildman–Crippen LogP) is 4.42. The first-order valence-corrected chi connectivity index (χ1v) is 12.1. The SMILES string of the molecule is C=C(NCC(=O)O)OC(=N)C1(C)C(=O)Nc2nc(/C(=C(/C)CC)c3ccc(Cl)cc3C(C)C)nc(N)c21. The van der Waals surface area contributed by atoms with E-state index >= 15 is 0 Å². The van der Waals surface area contributed by atoms with Crippen molar-refractivity contribution in [3.8, 4) is 0 Å². The second-order valence-corrected chi connectivity index (χ2v) is 9.67. The number of halogens is 1. The zero-order chi connectivity index (χ0) is 27.7. The van der Waals surface area contributed by atoms with E-state index < -0.39 is 29.7 Å². The lowest BCUT2D eigenvalue weighted by atomic mass is 9.84. The first kappa shape index (κ1) is 27.7. The highest BCUT2D eigenvalue weighted by Gasteiger charge is 2.51. The Bertz CT molecular complexity index is 1340. The number of ether oxygens (including phenoxy) is 1. The Morgan fingerprint density at radius 3 is 2.65 bits per heavy atom. The number of hydrogen-bond acceptors (Lipinski definition) is 8. The van der Waals surface area contributed by atoms with Crippen LogP contribution in [0.1, 0.15) is 69.5 Å². The molecule has 0 spiro atoms. The van der Waals surface area contributed by atoms with E-state index in [1.54, 1.807) is 0 Å². The minimum Gasteiger partial charge on any atom is -0.480 e. The molecule has 0 radical (unpaired) electrons. The zero-order valence-corrected chi connectivity index (χ0v) is 22.2. The number of anilines is 2. The molecule has 10 nitrogen and oxygen atoms in total. The van der Waals surface area contributed by atoms with E-state index in [2.05, 4.69) is 41.0 Å². The molecule has 2 heterocycles. The lowest BCUT2D eigenvalue weighted by Crippen LogP contribution is -2.42. The molecule has 1 aliphatic rings. The van der Waals surface area contributed by atoms with E-state index in [0.29, 0.717) is 10.8 Å². The Labute approximate surface area is 220 Å². The molecule has 1 aromatic carbocycles. The molecule has 1 atom stereocenters. The molecule has 0 saturated heterocycles. The van der Waals surface area contributed by atoms with Crippen LogP contribution in [0.4, 0.5) is 11.6 Å². The number of nitrogen functional groups attached to an aromatic ring is 1. The number of aromatic nitrogens is 2. The van der Waals surface area contributed by atoms with Crippen molar-refractivity contribution in [1.29, 1.82) is 5.41 Å². The highest BCUT2D eigenvalue weighted by molar-refractivity contribution is 6.30. The summed E-state index contributed by atoms with van der Waals surface area (Å²) in [5, 5.41) is 23.0. The van der Waals surface area contributed by atoms with Gasteiger partial charge in [-0.15, -0.1) is 0 Å². The molecule has 0 fully saturated rings. The number of hydrogen-bond donors (Lipinski definition) is 5. The van der Waals surface area contributed by atoms with Gasteiger partial charge in [0.1, 0.15) is 18.2 Å². The van der Waals surface area contributed by atoms with Crippen molar-refractivity contribution in [1.82, 2.24) is 15.3 Å². The third-order valence-electron chi connectivity index (χ3n) is 6.32. The first-order chi connectivity index (χ1) is 17.3. The lowest BCUT2D eigenvalue weighted by molar-refractivity contribution is -0.136. The van der Waals surface area contributed by atoms with Crippen LogP contribution in [0.25, 0.3) is 5.57 Å². The van der Waals surface area contributed by atoms with Gasteiger partial charge in [-0.1, -0.05) is 44.0 Å². The number of aliphatic carboxylic acids is 1. The fourth-order valence-corrected chi connectivity index (χ4v) is 4.31. The van der Waals surface area contributed by atoms with Gasteiger partial charge in [-0.05, 0) is 56.0 Å². The third kappa shape index (κ3) is 5.29. The van der Waals surface area contributed by atoms with Gasteiger partial charge in [0, 0.05) is 10.6 Å². The molecule has 196 valence electrons. The van der Waals surface area contributed by atoms with Crippen molar-refractivity contribution in [3.63, 3.8) is 0 Å². The number of carbonyl (C=O) groups excluding carboxylic acids is 1. The van der Waals surface area contributed by atoms with Crippen LogP contribution >= 0.6 is 11.6 Å². The number of rotatable bonds is 9. The summed E-state index contributed by atoms with van der Waals surface area (Å²) in [6.07, 6.45) is 0.726. The maximum atomic E-state index is 13.1. The van der Waals surface area contributed by atoms with Crippen LogP contribution < -0.4 is 16.4 Å². The van der Waals surface area contributed by atoms with Crippen molar-refractivity contribution in [3.05, 3.63) is 63.8 Å². The number of nitrogens with one attached hydrogen (secondary N) is 3. The molecule has 1 amide bonds. The highest BCUT2D eigenvalue weighted by Crippen LogP contribution is 2.43. The van der Waals surface area contributed by atoms with Gasteiger partial charge in [0.15, 0.2) is 17.1 Å². The summed E-state index contributed by atoms with van der Waals surface area (Å²) >= 11 is 6.29. The standard InChI is InChI=1S/C26H31ClN6O4/c1-7-13(4)19(16-9-8-15(27)10-17(16)12(2)3)22-31-21(28)20-23(32-22)33-25(36)26(20,6)24(29)37-14(5)30-11-18(34)35/h8-10,12,29-30H,5,7,11H2,1-4,6H3,(H,34,35)(H3,28,31,32,33,36)/b19-13-,29-24?. The number of carboxylic acid groups (broad SMARTS) is 1. The monoisotopic (exact) mass is 526 g/mol. The van der Waals surface area contributed by atoms with Crippen molar-refractivity contribution < 1.29 is 19.4 Å². The molecule has 1 aliphatic heterocycles. The van der Waals surface area contributed by atoms with Gasteiger partial charge in [0.2, 0.25) is 11.8 Å². The molecule has 37 heavy (non-hydrogen) atoms. The second kappa shape index (κ2) is 10.6. The van der Waals surface area contributed by atoms with E-state index in [-0.39, 0.29) is 29.0 Å². The number of carbonyl (C=O) groups is 2. The largest absolute Gasteiger partial charge is 0.480 e. The number of nitrogens with two attached hydrogens (primary N) is 1. The van der Waals surface area contributed by atoms with E-state index in [1.165, 1.54) is 6.92 Å². The van der Waals surface area contributed by atoms with Crippen molar-refractivity contribution in [2.45, 2.75) is 52.4 Å². The minimum atomic E-state index is -1.65. The predicted molar refractivity (Wildman–Crippen MR) is 144 cm³/mol. The highest BCUT2D eigenvalue weighted by atomic mass is 35.5. The maximum Gasteiger partial charge on any atom is 0.322 e. The first-order valence-electron chi connectivity index (χ1n) is 11.7. The number of allylic oxidation sites excluding steroid dienone is 1.